The Morgan fingerprint density at radius 3 is 2.59 bits per heavy atom. The summed E-state index contributed by atoms with van der Waals surface area (Å²) in [6, 6.07) is 9.61. The Labute approximate surface area is 166 Å². The van der Waals surface area contributed by atoms with Gasteiger partial charge in [-0.05, 0) is 42.5 Å². The predicted molar refractivity (Wildman–Crippen MR) is 96.3 cm³/mol. The summed E-state index contributed by atoms with van der Waals surface area (Å²) in [5, 5.41) is 10.3. The molecule has 0 saturated carbocycles. The first-order valence-electron chi connectivity index (χ1n) is 7.97. The Balaban J connectivity index is 1.65. The molecule has 3 aromatic rings. The molecule has 3 rings (SSSR count). The number of halogens is 4. The first kappa shape index (κ1) is 20.3. The molecule has 2 N–H and O–H groups in total. The van der Waals surface area contributed by atoms with Crippen molar-refractivity contribution in [2.75, 3.05) is 5.32 Å². The van der Waals surface area contributed by atoms with E-state index < -0.39 is 12.3 Å². The normalized spacial score (nSPS) is 11.2. The van der Waals surface area contributed by atoms with E-state index in [1.165, 1.54) is 47.4 Å². The van der Waals surface area contributed by atoms with E-state index in [9.17, 15) is 18.0 Å². The van der Waals surface area contributed by atoms with Gasteiger partial charge in [0.15, 0.2) is 5.82 Å². The maximum Gasteiger partial charge on any atom is 0.573 e. The maximum absolute atomic E-state index is 12.2. The second kappa shape index (κ2) is 8.27. The Morgan fingerprint density at radius 2 is 1.97 bits per heavy atom. The Hall–Kier alpha value is -3.47. The van der Waals surface area contributed by atoms with Gasteiger partial charge in [0.05, 0.1) is 22.9 Å². The number of nitrogens with zero attached hydrogens (tertiary/aromatic N) is 4. The molecule has 8 nitrogen and oxygen atoms in total. The number of hydrogen-bond donors (Lipinski definition) is 2. The van der Waals surface area contributed by atoms with E-state index in [-0.39, 0.29) is 22.9 Å². The van der Waals surface area contributed by atoms with E-state index in [0.29, 0.717) is 17.2 Å². The second-order valence-corrected chi connectivity index (χ2v) is 6.02. The molecule has 150 valence electrons. The number of carbonyl (C=O) groups is 1. The molecule has 1 amide bonds. The lowest BCUT2D eigenvalue weighted by Gasteiger charge is -2.09. The highest BCUT2D eigenvalue weighted by molar-refractivity contribution is 6.33. The van der Waals surface area contributed by atoms with Crippen LogP contribution in [0.15, 0.2) is 53.9 Å². The molecular formula is C17H12ClF3N6O2. The molecule has 0 fully saturated rings. The third-order valence-corrected chi connectivity index (χ3v) is 3.94. The number of nitrogens with one attached hydrogen (secondary N) is 2. The summed E-state index contributed by atoms with van der Waals surface area (Å²) in [6.07, 6.45) is -3.34. The molecule has 0 unspecified atom stereocenters. The molecule has 1 heterocycles. The SMILES string of the molecule is N=NC(=O)c1ccc(NCc2ncn(-c3ccc(OC(F)(F)F)cc3)n2)c(Cl)c1. The lowest BCUT2D eigenvalue weighted by Crippen LogP contribution is -2.17. The van der Waals surface area contributed by atoms with Crippen LogP contribution in [0.2, 0.25) is 5.02 Å². The van der Waals surface area contributed by atoms with E-state index in [0.717, 1.165) is 0 Å². The van der Waals surface area contributed by atoms with E-state index in [2.05, 4.69) is 25.3 Å². The van der Waals surface area contributed by atoms with Gasteiger partial charge in [-0.25, -0.2) is 15.2 Å². The van der Waals surface area contributed by atoms with Crippen molar-refractivity contribution < 1.29 is 22.7 Å². The quantitative estimate of drug-likeness (QED) is 0.562. The topological polar surface area (TPSA) is 105 Å². The summed E-state index contributed by atoms with van der Waals surface area (Å²) >= 11 is 6.10. The first-order chi connectivity index (χ1) is 13.7. The Kier molecular flexibility index (Phi) is 5.78. The summed E-state index contributed by atoms with van der Waals surface area (Å²) in [4.78, 5) is 15.5. The average Bonchev–Trinajstić information content (AvgIpc) is 3.14. The molecule has 0 aliphatic carbocycles. The van der Waals surface area contributed by atoms with Gasteiger partial charge in [0.25, 0.3) is 5.91 Å². The van der Waals surface area contributed by atoms with Gasteiger partial charge in [-0.2, -0.15) is 0 Å². The fraction of sp³-hybridized carbons (Fsp3) is 0.118. The molecule has 29 heavy (non-hydrogen) atoms. The molecule has 0 radical (unpaired) electrons. The van der Waals surface area contributed by atoms with Gasteiger partial charge >= 0.3 is 6.36 Å². The zero-order valence-electron chi connectivity index (χ0n) is 14.4. The molecule has 0 aliphatic rings. The van der Waals surface area contributed by atoms with Gasteiger partial charge in [0, 0.05) is 5.56 Å². The van der Waals surface area contributed by atoms with Crippen molar-refractivity contribution in [2.45, 2.75) is 12.9 Å². The van der Waals surface area contributed by atoms with Gasteiger partial charge in [-0.1, -0.05) is 11.6 Å². The molecule has 0 spiro atoms. The lowest BCUT2D eigenvalue weighted by atomic mass is 10.2. The fourth-order valence-corrected chi connectivity index (χ4v) is 2.58. The van der Waals surface area contributed by atoms with E-state index in [4.69, 9.17) is 17.1 Å². The van der Waals surface area contributed by atoms with Crippen LogP contribution in [-0.2, 0) is 6.54 Å². The van der Waals surface area contributed by atoms with Gasteiger partial charge in [0.1, 0.15) is 12.1 Å². The van der Waals surface area contributed by atoms with Crippen LogP contribution in [0.3, 0.4) is 0 Å². The van der Waals surface area contributed by atoms with Crippen molar-refractivity contribution >= 4 is 23.2 Å². The second-order valence-electron chi connectivity index (χ2n) is 5.61. The molecule has 0 bridgehead atoms. The highest BCUT2D eigenvalue weighted by Crippen LogP contribution is 2.25. The Morgan fingerprint density at radius 1 is 1.24 bits per heavy atom. The van der Waals surface area contributed by atoms with E-state index >= 15 is 0 Å². The number of ether oxygens (including phenoxy) is 1. The van der Waals surface area contributed by atoms with Crippen molar-refractivity contribution in [3.8, 4) is 11.4 Å². The number of hydrogen-bond acceptors (Lipinski definition) is 6. The van der Waals surface area contributed by atoms with Crippen LogP contribution in [-0.4, -0.2) is 27.0 Å². The van der Waals surface area contributed by atoms with Crippen LogP contribution in [0.25, 0.3) is 5.69 Å². The number of carbonyl (C=O) groups excluding carboxylic acids is 1. The molecular weight excluding hydrogens is 413 g/mol. The highest BCUT2D eigenvalue weighted by Gasteiger charge is 2.31. The minimum absolute atomic E-state index is 0.191. The third-order valence-electron chi connectivity index (χ3n) is 3.63. The molecule has 0 atom stereocenters. The number of aromatic nitrogens is 3. The zero-order valence-corrected chi connectivity index (χ0v) is 15.2. The molecule has 0 aliphatic heterocycles. The lowest BCUT2D eigenvalue weighted by molar-refractivity contribution is -0.274. The molecule has 12 heteroatoms. The van der Waals surface area contributed by atoms with Crippen molar-refractivity contribution in [2.24, 2.45) is 5.11 Å². The van der Waals surface area contributed by atoms with Crippen LogP contribution in [0.1, 0.15) is 16.2 Å². The van der Waals surface area contributed by atoms with Gasteiger partial charge in [0.2, 0.25) is 0 Å². The minimum Gasteiger partial charge on any atom is -0.406 e. The summed E-state index contributed by atoms with van der Waals surface area (Å²) < 4.78 is 41.8. The highest BCUT2D eigenvalue weighted by atomic mass is 35.5. The van der Waals surface area contributed by atoms with E-state index in [1.54, 1.807) is 6.07 Å². The van der Waals surface area contributed by atoms with Gasteiger partial charge < -0.3 is 10.1 Å². The van der Waals surface area contributed by atoms with Crippen LogP contribution in [0.4, 0.5) is 18.9 Å². The number of anilines is 1. The standard InChI is InChI=1S/C17H12ClF3N6O2/c18-13-7-10(16(28)25-22)1-6-14(13)23-8-15-24-9-27(26-15)11-2-4-12(5-3-11)29-17(19,20)21/h1-7,9,22-23H,8H2. The minimum atomic E-state index is -4.75. The number of alkyl halides is 3. The predicted octanol–water partition coefficient (Wildman–Crippen LogP) is 4.60. The zero-order chi connectivity index (χ0) is 21.0. The molecule has 2 aromatic carbocycles. The Bertz CT molecular complexity index is 1040. The summed E-state index contributed by atoms with van der Waals surface area (Å²) in [6.45, 7) is 0.206. The summed E-state index contributed by atoms with van der Waals surface area (Å²) in [5.41, 5.74) is 7.94. The van der Waals surface area contributed by atoms with Crippen LogP contribution in [0, 0.1) is 5.53 Å². The third kappa shape index (κ3) is 5.29. The maximum atomic E-state index is 12.2. The molecule has 0 saturated heterocycles. The van der Waals surface area contributed by atoms with Crippen LogP contribution < -0.4 is 10.1 Å². The van der Waals surface area contributed by atoms with Crippen LogP contribution >= 0.6 is 11.6 Å². The largest absolute Gasteiger partial charge is 0.573 e. The van der Waals surface area contributed by atoms with Crippen molar-refractivity contribution in [1.29, 1.82) is 5.53 Å². The van der Waals surface area contributed by atoms with Gasteiger partial charge in [-0.15, -0.1) is 23.4 Å². The smallest absolute Gasteiger partial charge is 0.406 e. The van der Waals surface area contributed by atoms with E-state index in [1.807, 2.05) is 0 Å². The van der Waals surface area contributed by atoms with Crippen molar-refractivity contribution in [3.05, 3.63) is 65.2 Å². The summed E-state index contributed by atoms with van der Waals surface area (Å²) in [5.74, 6) is -0.637. The number of benzene rings is 2. The number of rotatable bonds is 6. The van der Waals surface area contributed by atoms with Gasteiger partial charge in [-0.3, -0.25) is 4.79 Å². The number of amides is 1. The van der Waals surface area contributed by atoms with Crippen molar-refractivity contribution in [1.82, 2.24) is 14.8 Å². The molecule has 1 aromatic heterocycles. The van der Waals surface area contributed by atoms with Crippen molar-refractivity contribution in [3.63, 3.8) is 0 Å². The van der Waals surface area contributed by atoms with Crippen LogP contribution in [0.5, 0.6) is 5.75 Å². The monoisotopic (exact) mass is 424 g/mol. The average molecular weight is 425 g/mol. The first-order valence-corrected chi connectivity index (χ1v) is 8.35. The summed E-state index contributed by atoms with van der Waals surface area (Å²) in [7, 11) is 0. The fourth-order valence-electron chi connectivity index (χ4n) is 2.33.